The number of ether oxygens (including phenoxy) is 1. The van der Waals surface area contributed by atoms with Crippen LogP contribution in [0.5, 0.6) is 0 Å². The van der Waals surface area contributed by atoms with Gasteiger partial charge in [-0.25, -0.2) is 0 Å². The summed E-state index contributed by atoms with van der Waals surface area (Å²) in [4.78, 5) is 56.3. The number of carbonyl (C=O) groups excluding carboxylic acids is 4. The van der Waals surface area contributed by atoms with Crippen molar-refractivity contribution in [3.8, 4) is 0 Å². The van der Waals surface area contributed by atoms with Gasteiger partial charge in [-0.15, -0.1) is 3.89 Å². The van der Waals surface area contributed by atoms with E-state index in [2.05, 4.69) is 21.3 Å². The maximum Gasteiger partial charge on any atom is 0.307 e. The molecule has 1 heterocycles. The van der Waals surface area contributed by atoms with Gasteiger partial charge in [-0.2, -0.15) is 8.42 Å². The Hall–Kier alpha value is -3.88. The molecule has 12 nitrogen and oxygen atoms in total. The summed E-state index contributed by atoms with van der Waals surface area (Å²) < 4.78 is 43.0. The first kappa shape index (κ1) is 41.5. The average Bonchev–Trinajstić information content (AvgIpc) is 3.08. The number of nitrogens with zero attached hydrogens (tertiary/aromatic N) is 1. The van der Waals surface area contributed by atoms with Gasteiger partial charge in [0, 0.05) is 26.1 Å². The number of morpholine rings is 1. The van der Waals surface area contributed by atoms with Crippen LogP contribution in [0.15, 0.2) is 60.7 Å². The molecule has 1 aliphatic rings. The first-order chi connectivity index (χ1) is 24.2. The van der Waals surface area contributed by atoms with Gasteiger partial charge in [0.1, 0.15) is 23.4 Å². The average molecular weight is 732 g/mol. The molecule has 0 saturated carbocycles. The molecule has 0 aromatic heterocycles. The number of hydrogen-bond donors (Lipinski definition) is 4. The zero-order chi connectivity index (χ0) is 37.4. The van der Waals surface area contributed by atoms with Crippen LogP contribution in [-0.2, 0) is 47.0 Å². The second-order valence-electron chi connectivity index (χ2n) is 13.9. The van der Waals surface area contributed by atoms with Gasteiger partial charge in [-0.05, 0) is 48.6 Å². The Labute approximate surface area is 301 Å². The molecule has 1 saturated heterocycles. The van der Waals surface area contributed by atoms with E-state index in [0.717, 1.165) is 11.1 Å². The molecule has 0 radical (unpaired) electrons. The van der Waals surface area contributed by atoms with Gasteiger partial charge in [-0.1, -0.05) is 88.4 Å². The zero-order valence-electron chi connectivity index (χ0n) is 30.1. The molecule has 0 aliphatic carbocycles. The number of halogens is 1. The smallest absolute Gasteiger partial charge is 0.307 e. The summed E-state index contributed by atoms with van der Waals surface area (Å²) in [5.74, 6) is -2.33. The largest absolute Gasteiger partial charge is 0.379 e. The van der Waals surface area contributed by atoms with Crippen LogP contribution in [-0.4, -0.2) is 99.7 Å². The van der Waals surface area contributed by atoms with Crippen molar-refractivity contribution in [3.05, 3.63) is 71.8 Å². The first-order valence-electron chi connectivity index (χ1n) is 17.7. The molecule has 3 rings (SSSR count). The number of carbonyl (C=O) groups is 4. The zero-order valence-corrected chi connectivity index (χ0v) is 30.9. The standard InChI is InChI=1S/C37H54FN5O7S/c1-26(2)21-30(51(38,48)49)24-39-35(45)33(23-29-13-9-6-10-14-29)42-37(47)32(22-27(3)4)41-36(46)31(16-15-28-11-7-5-8-12-28)40-34(44)25-43-17-19-50-20-18-43/h5-14,26-27,30-33H,15-25H2,1-4H3,(H,39,45)(H,40,44)(H,41,46)(H,42,47)/t30-,31-,32-,33-/m0/s1. The van der Waals surface area contributed by atoms with Crippen LogP contribution < -0.4 is 21.3 Å². The van der Waals surface area contributed by atoms with Crippen molar-refractivity contribution in [1.29, 1.82) is 0 Å². The van der Waals surface area contributed by atoms with Gasteiger partial charge in [-0.3, -0.25) is 24.1 Å². The molecule has 2 aromatic rings. The highest BCUT2D eigenvalue weighted by atomic mass is 32.3. The van der Waals surface area contributed by atoms with Crippen LogP contribution in [0.25, 0.3) is 0 Å². The topological polar surface area (TPSA) is 163 Å². The third-order valence-corrected chi connectivity index (χ3v) is 9.73. The minimum absolute atomic E-state index is 0.00570. The Balaban J connectivity index is 1.78. The Morgan fingerprint density at radius 1 is 0.745 bits per heavy atom. The molecule has 1 aliphatic heterocycles. The fraction of sp³-hybridized carbons (Fsp3) is 0.568. The summed E-state index contributed by atoms with van der Waals surface area (Å²) in [6.45, 7) is 9.18. The van der Waals surface area contributed by atoms with Gasteiger partial charge >= 0.3 is 10.2 Å². The van der Waals surface area contributed by atoms with E-state index in [0.29, 0.717) is 32.7 Å². The van der Waals surface area contributed by atoms with Crippen LogP contribution in [0.3, 0.4) is 0 Å². The molecule has 282 valence electrons. The number of nitrogens with one attached hydrogen (secondary N) is 4. The van der Waals surface area contributed by atoms with Crippen molar-refractivity contribution in [2.24, 2.45) is 11.8 Å². The predicted octanol–water partition coefficient (Wildman–Crippen LogP) is 2.52. The summed E-state index contributed by atoms with van der Waals surface area (Å²) in [5.41, 5.74) is 1.71. The molecular formula is C37H54FN5O7S. The second kappa shape index (κ2) is 20.8. The summed E-state index contributed by atoms with van der Waals surface area (Å²) in [6.07, 6.45) is 1.10. The van der Waals surface area contributed by atoms with E-state index in [-0.39, 0.29) is 50.0 Å². The lowest BCUT2D eigenvalue weighted by Crippen LogP contribution is -2.58. The molecule has 0 bridgehead atoms. The van der Waals surface area contributed by atoms with Gasteiger partial charge in [0.25, 0.3) is 0 Å². The molecule has 4 atom stereocenters. The Morgan fingerprint density at radius 2 is 1.29 bits per heavy atom. The molecular weight excluding hydrogens is 678 g/mol. The summed E-state index contributed by atoms with van der Waals surface area (Å²) in [7, 11) is -4.94. The van der Waals surface area contributed by atoms with Crippen LogP contribution in [0, 0.1) is 11.8 Å². The van der Waals surface area contributed by atoms with E-state index in [4.69, 9.17) is 4.74 Å². The molecule has 14 heteroatoms. The fourth-order valence-corrected chi connectivity index (χ4v) is 6.79. The first-order valence-corrected chi connectivity index (χ1v) is 19.1. The highest BCUT2D eigenvalue weighted by Crippen LogP contribution is 2.15. The minimum Gasteiger partial charge on any atom is -0.379 e. The van der Waals surface area contributed by atoms with Crippen molar-refractivity contribution in [2.75, 3.05) is 39.4 Å². The minimum atomic E-state index is -4.94. The van der Waals surface area contributed by atoms with Crippen LogP contribution in [0.2, 0.25) is 0 Å². The van der Waals surface area contributed by atoms with Gasteiger partial charge < -0.3 is 26.0 Å². The second-order valence-corrected chi connectivity index (χ2v) is 15.6. The molecule has 2 aromatic carbocycles. The number of amides is 4. The van der Waals surface area contributed by atoms with Crippen molar-refractivity contribution in [2.45, 2.75) is 83.2 Å². The Bertz CT molecular complexity index is 1510. The highest BCUT2D eigenvalue weighted by molar-refractivity contribution is 7.87. The molecule has 0 unspecified atom stereocenters. The summed E-state index contributed by atoms with van der Waals surface area (Å²) in [5, 5.41) is 9.55. The lowest BCUT2D eigenvalue weighted by Gasteiger charge is -2.28. The van der Waals surface area contributed by atoms with Gasteiger partial charge in [0.2, 0.25) is 23.6 Å². The maximum atomic E-state index is 14.1. The van der Waals surface area contributed by atoms with E-state index in [9.17, 15) is 31.5 Å². The molecule has 4 amide bonds. The van der Waals surface area contributed by atoms with Crippen molar-refractivity contribution in [1.82, 2.24) is 26.2 Å². The quantitative estimate of drug-likeness (QED) is 0.151. The maximum absolute atomic E-state index is 14.1. The third-order valence-electron chi connectivity index (χ3n) is 8.58. The van der Waals surface area contributed by atoms with Gasteiger partial charge in [0.05, 0.1) is 19.8 Å². The van der Waals surface area contributed by atoms with E-state index in [1.165, 1.54) is 0 Å². The van der Waals surface area contributed by atoms with Crippen molar-refractivity contribution >= 4 is 33.9 Å². The normalized spacial score (nSPS) is 16.1. The molecule has 4 N–H and O–H groups in total. The summed E-state index contributed by atoms with van der Waals surface area (Å²) in [6, 6.07) is 15.3. The lowest BCUT2D eigenvalue weighted by molar-refractivity contribution is -0.134. The molecule has 0 spiro atoms. The van der Waals surface area contributed by atoms with E-state index < -0.39 is 57.9 Å². The third kappa shape index (κ3) is 15.5. The van der Waals surface area contributed by atoms with Gasteiger partial charge in [0.15, 0.2) is 0 Å². The molecule has 1 fully saturated rings. The van der Waals surface area contributed by atoms with E-state index >= 15 is 0 Å². The highest BCUT2D eigenvalue weighted by Gasteiger charge is 2.32. The summed E-state index contributed by atoms with van der Waals surface area (Å²) >= 11 is 0. The van der Waals surface area contributed by atoms with Crippen LogP contribution in [0.4, 0.5) is 3.89 Å². The predicted molar refractivity (Wildman–Crippen MR) is 194 cm³/mol. The fourth-order valence-electron chi connectivity index (χ4n) is 5.89. The van der Waals surface area contributed by atoms with Crippen molar-refractivity contribution < 1.29 is 36.2 Å². The Kier molecular flexibility index (Phi) is 17.0. The van der Waals surface area contributed by atoms with Crippen LogP contribution >= 0.6 is 0 Å². The van der Waals surface area contributed by atoms with E-state index in [1.54, 1.807) is 38.1 Å². The van der Waals surface area contributed by atoms with Crippen molar-refractivity contribution in [3.63, 3.8) is 0 Å². The number of rotatable bonds is 20. The SMILES string of the molecule is CC(C)C[C@@H](CNC(=O)[C@H](Cc1ccccc1)NC(=O)[C@H](CC(C)C)NC(=O)[C@H](CCc1ccccc1)NC(=O)CN1CCOCC1)S(=O)(=O)F. The lowest BCUT2D eigenvalue weighted by atomic mass is 9.99. The number of aryl methyl sites for hydroxylation is 1. The van der Waals surface area contributed by atoms with E-state index in [1.807, 2.05) is 55.1 Å². The molecule has 51 heavy (non-hydrogen) atoms. The number of benzene rings is 2. The van der Waals surface area contributed by atoms with Crippen LogP contribution in [0.1, 0.15) is 58.1 Å². The number of hydrogen-bond acceptors (Lipinski definition) is 8. The Morgan fingerprint density at radius 3 is 1.86 bits per heavy atom. The monoisotopic (exact) mass is 731 g/mol.